The maximum absolute atomic E-state index is 11.9. The lowest BCUT2D eigenvalue weighted by Gasteiger charge is -2.11. The topological polar surface area (TPSA) is 117 Å². The summed E-state index contributed by atoms with van der Waals surface area (Å²) in [5, 5.41) is 3.21. The monoisotopic (exact) mass is 278 g/mol. The molecular weight excluding hydrogens is 264 g/mol. The van der Waals surface area contributed by atoms with Crippen molar-refractivity contribution < 1.29 is 9.53 Å². The number of rotatable bonds is 4. The van der Waals surface area contributed by atoms with Gasteiger partial charge in [0.25, 0.3) is 5.56 Å². The van der Waals surface area contributed by atoms with Gasteiger partial charge in [0.05, 0.1) is 5.39 Å². The van der Waals surface area contributed by atoms with E-state index in [9.17, 15) is 14.4 Å². The second-order valence-corrected chi connectivity index (χ2v) is 4.20. The number of ether oxygens (including phenoxy) is 1. The highest BCUT2D eigenvalue weighted by Crippen LogP contribution is 2.16. The number of hydrogen-bond donors (Lipinski definition) is 3. The van der Waals surface area contributed by atoms with Crippen molar-refractivity contribution in [3.05, 3.63) is 38.2 Å². The molecule has 0 atom stereocenters. The van der Waals surface area contributed by atoms with Gasteiger partial charge in [-0.15, -0.1) is 0 Å². The molecule has 20 heavy (non-hydrogen) atoms. The summed E-state index contributed by atoms with van der Waals surface area (Å²) in [6.07, 6.45) is 1.48. The minimum absolute atomic E-state index is 0.0217. The van der Waals surface area contributed by atoms with Crippen LogP contribution in [0.1, 0.15) is 18.1 Å². The Kier molecular flexibility index (Phi) is 3.94. The van der Waals surface area contributed by atoms with Crippen molar-refractivity contribution in [2.45, 2.75) is 20.1 Å². The molecule has 2 rings (SSSR count). The molecule has 0 aliphatic rings. The van der Waals surface area contributed by atoms with E-state index in [0.717, 1.165) is 0 Å². The van der Waals surface area contributed by atoms with Crippen molar-refractivity contribution in [3.8, 4) is 0 Å². The molecule has 0 unspecified atom stereocenters. The van der Waals surface area contributed by atoms with Crippen LogP contribution in [0, 0.1) is 0 Å². The Hall–Kier alpha value is -2.48. The average molecular weight is 278 g/mol. The maximum atomic E-state index is 11.9. The molecule has 2 aromatic rings. The van der Waals surface area contributed by atoms with Crippen molar-refractivity contribution in [1.82, 2.24) is 20.3 Å². The summed E-state index contributed by atoms with van der Waals surface area (Å²) >= 11 is 0. The predicted molar refractivity (Wildman–Crippen MR) is 71.2 cm³/mol. The summed E-state index contributed by atoms with van der Waals surface area (Å²) in [6.45, 7) is 1.70. The number of esters is 1. The van der Waals surface area contributed by atoms with Gasteiger partial charge in [0.15, 0.2) is 0 Å². The van der Waals surface area contributed by atoms with Gasteiger partial charge in [-0.1, -0.05) is 0 Å². The highest BCUT2D eigenvalue weighted by molar-refractivity contribution is 5.78. The van der Waals surface area contributed by atoms with Gasteiger partial charge in [-0.3, -0.25) is 19.6 Å². The fourth-order valence-electron chi connectivity index (χ4n) is 1.91. The smallest absolute Gasteiger partial charge is 0.327 e. The molecule has 0 aliphatic heterocycles. The molecule has 0 aromatic carbocycles. The van der Waals surface area contributed by atoms with Gasteiger partial charge in [0.1, 0.15) is 12.3 Å². The summed E-state index contributed by atoms with van der Waals surface area (Å²) in [5.74, 6) is -0.420. The van der Waals surface area contributed by atoms with Crippen LogP contribution in [0.15, 0.2) is 15.8 Å². The Labute approximate surface area is 113 Å². The summed E-state index contributed by atoms with van der Waals surface area (Å²) in [4.78, 5) is 42.7. The molecule has 3 N–H and O–H groups in total. The van der Waals surface area contributed by atoms with Gasteiger partial charge in [-0.2, -0.15) is 0 Å². The standard InChI is InChI=1S/C12H14N4O4/c1-6(17)20-5-7-3-14-10-9(8(7)4-13-2)11(18)16-12(19)15-10/h3,13H,4-5H2,1-2H3,(H2,14,15,16,18,19). The number of fused-ring (bicyclic) bond motifs is 1. The van der Waals surface area contributed by atoms with Gasteiger partial charge in [-0.05, 0) is 12.6 Å². The molecule has 8 heteroatoms. The Morgan fingerprint density at radius 2 is 2.15 bits per heavy atom. The Morgan fingerprint density at radius 3 is 2.80 bits per heavy atom. The van der Waals surface area contributed by atoms with Crippen LogP contribution in [0.2, 0.25) is 0 Å². The molecule has 106 valence electrons. The van der Waals surface area contributed by atoms with Gasteiger partial charge in [-0.25, -0.2) is 9.78 Å². The number of aromatic nitrogens is 3. The van der Waals surface area contributed by atoms with Crippen LogP contribution >= 0.6 is 0 Å². The number of carbonyl (C=O) groups excluding carboxylic acids is 1. The first-order valence-corrected chi connectivity index (χ1v) is 5.94. The lowest BCUT2D eigenvalue weighted by Crippen LogP contribution is -2.25. The first-order chi connectivity index (χ1) is 9.52. The second-order valence-electron chi connectivity index (χ2n) is 4.20. The third kappa shape index (κ3) is 2.75. The van der Waals surface area contributed by atoms with Crippen molar-refractivity contribution in [2.24, 2.45) is 0 Å². The number of nitrogens with zero attached hydrogens (tertiary/aromatic N) is 1. The van der Waals surface area contributed by atoms with E-state index in [1.807, 2.05) is 0 Å². The van der Waals surface area contributed by atoms with Gasteiger partial charge in [0, 0.05) is 25.2 Å². The normalized spacial score (nSPS) is 10.7. The van der Waals surface area contributed by atoms with Crippen molar-refractivity contribution in [3.63, 3.8) is 0 Å². The van der Waals surface area contributed by atoms with Crippen LogP contribution in [-0.2, 0) is 22.7 Å². The van der Waals surface area contributed by atoms with E-state index < -0.39 is 17.2 Å². The van der Waals surface area contributed by atoms with Gasteiger partial charge < -0.3 is 10.1 Å². The van der Waals surface area contributed by atoms with E-state index >= 15 is 0 Å². The van der Waals surface area contributed by atoms with Crippen molar-refractivity contribution in [2.75, 3.05) is 7.05 Å². The molecule has 0 saturated heterocycles. The van der Waals surface area contributed by atoms with Crippen LogP contribution in [0.3, 0.4) is 0 Å². The molecule has 0 amide bonds. The molecule has 0 aliphatic carbocycles. The van der Waals surface area contributed by atoms with E-state index in [-0.39, 0.29) is 17.6 Å². The van der Waals surface area contributed by atoms with Crippen molar-refractivity contribution >= 4 is 17.0 Å². The quantitative estimate of drug-likeness (QED) is 0.642. The third-order valence-corrected chi connectivity index (χ3v) is 2.75. The van der Waals surface area contributed by atoms with E-state index in [1.165, 1.54) is 13.1 Å². The molecular formula is C12H14N4O4. The fraction of sp³-hybridized carbons (Fsp3) is 0.333. The predicted octanol–water partition coefficient (Wildman–Crippen LogP) is -0.606. The molecule has 2 aromatic heterocycles. The maximum Gasteiger partial charge on any atom is 0.327 e. The van der Waals surface area contributed by atoms with Gasteiger partial charge in [0.2, 0.25) is 0 Å². The Morgan fingerprint density at radius 1 is 1.40 bits per heavy atom. The van der Waals surface area contributed by atoms with Crippen LogP contribution in [0.5, 0.6) is 0 Å². The van der Waals surface area contributed by atoms with E-state index in [2.05, 4.69) is 20.3 Å². The molecule has 2 heterocycles. The van der Waals surface area contributed by atoms with Gasteiger partial charge >= 0.3 is 11.7 Å². The number of hydrogen-bond acceptors (Lipinski definition) is 6. The van der Waals surface area contributed by atoms with Crippen LogP contribution < -0.4 is 16.6 Å². The average Bonchev–Trinajstić information content (AvgIpc) is 2.37. The SMILES string of the molecule is CNCc1c(COC(C)=O)cnc2[nH]c(=O)[nH]c(=O)c12. The summed E-state index contributed by atoms with van der Waals surface area (Å²) in [6, 6.07) is 0. The fourth-order valence-corrected chi connectivity index (χ4v) is 1.91. The minimum Gasteiger partial charge on any atom is -0.461 e. The van der Waals surface area contributed by atoms with E-state index in [1.54, 1.807) is 7.05 Å². The number of aromatic amines is 2. The molecule has 0 fully saturated rings. The summed E-state index contributed by atoms with van der Waals surface area (Å²) in [7, 11) is 1.72. The Balaban J connectivity index is 2.65. The zero-order chi connectivity index (χ0) is 14.7. The third-order valence-electron chi connectivity index (χ3n) is 2.75. The zero-order valence-electron chi connectivity index (χ0n) is 11.1. The molecule has 0 saturated carbocycles. The molecule has 0 bridgehead atoms. The lowest BCUT2D eigenvalue weighted by atomic mass is 10.1. The lowest BCUT2D eigenvalue weighted by molar-refractivity contribution is -0.142. The van der Waals surface area contributed by atoms with E-state index in [0.29, 0.717) is 17.7 Å². The van der Waals surface area contributed by atoms with Crippen molar-refractivity contribution in [1.29, 1.82) is 0 Å². The highest BCUT2D eigenvalue weighted by atomic mass is 16.5. The molecule has 0 radical (unpaired) electrons. The summed E-state index contributed by atoms with van der Waals surface area (Å²) in [5.41, 5.74) is 0.316. The molecule has 0 spiro atoms. The Bertz CT molecular complexity index is 762. The number of H-pyrrole nitrogens is 2. The minimum atomic E-state index is -0.613. The number of nitrogens with one attached hydrogen (secondary N) is 3. The largest absolute Gasteiger partial charge is 0.461 e. The van der Waals surface area contributed by atoms with Crippen LogP contribution in [0.4, 0.5) is 0 Å². The van der Waals surface area contributed by atoms with E-state index in [4.69, 9.17) is 4.74 Å². The van der Waals surface area contributed by atoms with Crippen LogP contribution in [0.25, 0.3) is 11.0 Å². The highest BCUT2D eigenvalue weighted by Gasteiger charge is 2.13. The molecule has 8 nitrogen and oxygen atoms in total. The zero-order valence-corrected chi connectivity index (χ0v) is 11.1. The number of carbonyl (C=O) groups is 1. The second kappa shape index (κ2) is 5.66. The van der Waals surface area contributed by atoms with Crippen LogP contribution in [-0.4, -0.2) is 28.0 Å². The number of pyridine rings is 1. The first-order valence-electron chi connectivity index (χ1n) is 5.94. The summed E-state index contributed by atoms with van der Waals surface area (Å²) < 4.78 is 4.94. The first kappa shape index (κ1) is 13.9.